The van der Waals surface area contributed by atoms with Crippen LogP contribution in [0.4, 0.5) is 0 Å². The molecule has 3 rings (SSSR count). The maximum atomic E-state index is 13.5. The summed E-state index contributed by atoms with van der Waals surface area (Å²) in [5, 5.41) is 0. The quantitative estimate of drug-likeness (QED) is 0.755. The van der Waals surface area contributed by atoms with Crippen LogP contribution in [0, 0.1) is 12.8 Å². The minimum absolute atomic E-state index is 0.137. The summed E-state index contributed by atoms with van der Waals surface area (Å²) in [6.45, 7) is 7.21. The molecule has 0 saturated carbocycles. The molecule has 2 saturated heterocycles. The summed E-state index contributed by atoms with van der Waals surface area (Å²) in [5.41, 5.74) is 1.44. The second-order valence-corrected chi connectivity index (χ2v) is 8.12. The number of amides is 1. The van der Waals surface area contributed by atoms with Crippen LogP contribution in [0.15, 0.2) is 24.3 Å². The van der Waals surface area contributed by atoms with Crippen LogP contribution in [0.25, 0.3) is 0 Å². The molecule has 2 heterocycles. The molecule has 0 N–H and O–H groups in total. The first-order chi connectivity index (χ1) is 12.8. The summed E-state index contributed by atoms with van der Waals surface area (Å²) in [5.74, 6) is -0.392. The van der Waals surface area contributed by atoms with Crippen molar-refractivity contribution >= 4 is 11.9 Å². The number of ether oxygens (including phenoxy) is 1. The van der Waals surface area contributed by atoms with Gasteiger partial charge in [-0.3, -0.25) is 14.5 Å². The highest BCUT2D eigenvalue weighted by Gasteiger charge is 2.55. The number of hydrogen-bond donors (Lipinski definition) is 0. The smallest absolute Gasteiger partial charge is 0.326 e. The maximum absolute atomic E-state index is 13.5. The second kappa shape index (κ2) is 7.60. The highest BCUT2D eigenvalue weighted by molar-refractivity contribution is 5.86. The summed E-state index contributed by atoms with van der Waals surface area (Å²) in [6, 6.07) is 8.01. The van der Waals surface area contributed by atoms with Gasteiger partial charge in [-0.2, -0.15) is 0 Å². The van der Waals surface area contributed by atoms with E-state index < -0.39 is 5.54 Å². The van der Waals surface area contributed by atoms with Crippen molar-refractivity contribution in [1.82, 2.24) is 14.7 Å². The van der Waals surface area contributed by atoms with E-state index in [2.05, 4.69) is 31.0 Å². The van der Waals surface area contributed by atoms with Crippen molar-refractivity contribution in [2.24, 2.45) is 5.92 Å². The van der Waals surface area contributed by atoms with Crippen molar-refractivity contribution in [3.8, 4) is 0 Å². The number of aryl methyl sites for hydroxylation is 1. The highest BCUT2D eigenvalue weighted by Crippen LogP contribution is 2.47. The largest absolute Gasteiger partial charge is 0.468 e. The van der Waals surface area contributed by atoms with Crippen LogP contribution >= 0.6 is 0 Å². The fourth-order valence-electron chi connectivity index (χ4n) is 4.54. The minimum Gasteiger partial charge on any atom is -0.468 e. The Morgan fingerprint density at radius 1 is 1.11 bits per heavy atom. The van der Waals surface area contributed by atoms with Gasteiger partial charge in [0.1, 0.15) is 5.54 Å². The molecule has 0 spiro atoms. The fourth-order valence-corrected chi connectivity index (χ4v) is 4.54. The van der Waals surface area contributed by atoms with Crippen LogP contribution in [0.1, 0.15) is 30.5 Å². The van der Waals surface area contributed by atoms with Crippen molar-refractivity contribution in [2.45, 2.75) is 31.8 Å². The van der Waals surface area contributed by atoms with Crippen LogP contribution in [0.3, 0.4) is 0 Å². The number of esters is 1. The molecule has 2 aliphatic heterocycles. The Kier molecular flexibility index (Phi) is 5.58. The van der Waals surface area contributed by atoms with Gasteiger partial charge in [0.2, 0.25) is 5.91 Å². The number of methoxy groups -OCH3 is 1. The first-order valence-electron chi connectivity index (χ1n) is 9.64. The molecule has 27 heavy (non-hydrogen) atoms. The Bertz CT molecular complexity index is 714. The van der Waals surface area contributed by atoms with Crippen molar-refractivity contribution < 1.29 is 14.3 Å². The number of likely N-dealkylation sites (tertiary alicyclic amines) is 1. The van der Waals surface area contributed by atoms with Gasteiger partial charge in [0.25, 0.3) is 0 Å². The van der Waals surface area contributed by atoms with Crippen LogP contribution in [-0.2, 0) is 14.3 Å². The standard InChI is InChI=1S/C21H31N3O3/c1-15-8-6-7-9-16(15)18-17(14-21(2,23(18)4)20(26)27-5)19(25)24-12-10-22(3)11-13-24/h6-9,17-18H,10-14H2,1-5H3/t17-,18-,21-/m1/s1. The molecular weight excluding hydrogens is 342 g/mol. The predicted molar refractivity (Wildman–Crippen MR) is 104 cm³/mol. The molecule has 2 aliphatic rings. The molecule has 3 atom stereocenters. The lowest BCUT2D eigenvalue weighted by atomic mass is 9.87. The first kappa shape index (κ1) is 19.8. The molecule has 0 bridgehead atoms. The Morgan fingerprint density at radius 2 is 1.74 bits per heavy atom. The van der Waals surface area contributed by atoms with Crippen LogP contribution in [0.5, 0.6) is 0 Å². The van der Waals surface area contributed by atoms with Gasteiger partial charge in [0.05, 0.1) is 13.0 Å². The molecular formula is C21H31N3O3. The van der Waals surface area contributed by atoms with Gasteiger partial charge in [-0.05, 0) is 45.5 Å². The van der Waals surface area contributed by atoms with E-state index in [0.29, 0.717) is 6.42 Å². The van der Waals surface area contributed by atoms with Gasteiger partial charge in [-0.25, -0.2) is 0 Å². The Labute approximate surface area is 162 Å². The fraction of sp³-hybridized carbons (Fsp3) is 0.619. The van der Waals surface area contributed by atoms with Gasteiger partial charge in [-0.15, -0.1) is 0 Å². The predicted octanol–water partition coefficient (Wildman–Crippen LogP) is 1.69. The zero-order valence-corrected chi connectivity index (χ0v) is 17.1. The third-order valence-corrected chi connectivity index (χ3v) is 6.46. The van der Waals surface area contributed by atoms with Gasteiger partial charge in [-0.1, -0.05) is 24.3 Å². The number of carbonyl (C=O) groups is 2. The maximum Gasteiger partial charge on any atom is 0.326 e. The van der Waals surface area contributed by atoms with Gasteiger partial charge in [0, 0.05) is 32.2 Å². The average molecular weight is 373 g/mol. The summed E-state index contributed by atoms with van der Waals surface area (Å²) in [4.78, 5) is 32.3. The third-order valence-electron chi connectivity index (χ3n) is 6.46. The topological polar surface area (TPSA) is 53.1 Å². The van der Waals surface area contributed by atoms with Crippen molar-refractivity contribution in [2.75, 3.05) is 47.4 Å². The van der Waals surface area contributed by atoms with E-state index in [1.165, 1.54) is 7.11 Å². The second-order valence-electron chi connectivity index (χ2n) is 8.12. The van der Waals surface area contributed by atoms with Gasteiger partial charge >= 0.3 is 5.97 Å². The molecule has 1 aromatic rings. The molecule has 6 heteroatoms. The molecule has 0 radical (unpaired) electrons. The molecule has 2 fully saturated rings. The van der Waals surface area contributed by atoms with E-state index in [9.17, 15) is 9.59 Å². The molecule has 6 nitrogen and oxygen atoms in total. The Morgan fingerprint density at radius 3 is 2.33 bits per heavy atom. The summed E-state index contributed by atoms with van der Waals surface area (Å²) in [7, 11) is 5.43. The van der Waals surface area contributed by atoms with E-state index in [4.69, 9.17) is 4.74 Å². The first-order valence-corrected chi connectivity index (χ1v) is 9.64. The monoisotopic (exact) mass is 373 g/mol. The molecule has 0 aliphatic carbocycles. The van der Waals surface area contributed by atoms with Crippen LogP contribution in [0.2, 0.25) is 0 Å². The van der Waals surface area contributed by atoms with Gasteiger partial charge in [0.15, 0.2) is 0 Å². The van der Waals surface area contributed by atoms with Crippen LogP contribution < -0.4 is 0 Å². The zero-order valence-electron chi connectivity index (χ0n) is 17.1. The molecule has 0 unspecified atom stereocenters. The number of likely N-dealkylation sites (N-methyl/N-ethyl adjacent to an activating group) is 2. The lowest BCUT2D eigenvalue weighted by Crippen LogP contribution is -2.49. The molecule has 148 valence electrons. The van der Waals surface area contributed by atoms with E-state index >= 15 is 0 Å². The Balaban J connectivity index is 1.97. The summed E-state index contributed by atoms with van der Waals surface area (Å²) in [6.07, 6.45) is 0.473. The molecule has 0 aromatic heterocycles. The van der Waals surface area contributed by atoms with Gasteiger partial charge < -0.3 is 14.5 Å². The van der Waals surface area contributed by atoms with Crippen molar-refractivity contribution in [3.05, 3.63) is 35.4 Å². The number of hydrogen-bond acceptors (Lipinski definition) is 5. The highest BCUT2D eigenvalue weighted by atomic mass is 16.5. The number of piperazine rings is 1. The number of rotatable bonds is 3. The lowest BCUT2D eigenvalue weighted by molar-refractivity contribution is -0.152. The van der Waals surface area contributed by atoms with Crippen molar-refractivity contribution in [1.29, 1.82) is 0 Å². The summed E-state index contributed by atoms with van der Waals surface area (Å²) >= 11 is 0. The summed E-state index contributed by atoms with van der Waals surface area (Å²) < 4.78 is 5.10. The lowest BCUT2D eigenvalue weighted by Gasteiger charge is -2.36. The van der Waals surface area contributed by atoms with E-state index in [1.54, 1.807) is 0 Å². The Hall–Kier alpha value is -1.92. The van der Waals surface area contributed by atoms with Crippen LogP contribution in [-0.4, -0.2) is 79.5 Å². The van der Waals surface area contributed by atoms with Crippen molar-refractivity contribution in [3.63, 3.8) is 0 Å². The SMILES string of the molecule is COC(=O)[C@@]1(C)C[C@@H](C(=O)N2CCN(C)CC2)[C@@H](c2ccccc2C)N1C. The normalized spacial score (nSPS) is 29.7. The third kappa shape index (κ3) is 3.48. The molecule has 1 aromatic carbocycles. The van der Waals surface area contributed by atoms with E-state index in [-0.39, 0.29) is 23.8 Å². The number of nitrogens with zero attached hydrogens (tertiary/aromatic N) is 3. The van der Waals surface area contributed by atoms with E-state index in [0.717, 1.165) is 37.3 Å². The average Bonchev–Trinajstić information content (AvgIpc) is 2.94. The minimum atomic E-state index is -0.811. The van der Waals surface area contributed by atoms with E-state index in [1.807, 2.05) is 35.9 Å². The number of benzene rings is 1. The molecule has 1 amide bonds. The number of carbonyl (C=O) groups excluding carboxylic acids is 2. The zero-order chi connectivity index (χ0) is 19.8.